The van der Waals surface area contributed by atoms with Gasteiger partial charge in [0, 0.05) is 47.0 Å². The molecule has 0 spiro atoms. The van der Waals surface area contributed by atoms with E-state index in [-0.39, 0.29) is 5.54 Å². The Morgan fingerprint density at radius 1 is 1.35 bits per heavy atom. The lowest BCUT2D eigenvalue weighted by Crippen LogP contribution is -2.61. The number of nitrogens with one attached hydrogen (secondary N) is 1. The van der Waals surface area contributed by atoms with Crippen molar-refractivity contribution in [2.24, 2.45) is 0 Å². The minimum atomic E-state index is -0.578. The molecule has 0 aromatic carbocycles. The molecule has 102 valence electrons. The van der Waals surface area contributed by atoms with Gasteiger partial charge in [-0.1, -0.05) is 13.8 Å². The SMILES string of the molecule is CCCNC(C)C(C)(CC)N1CCS(=O)CC1. The molecule has 1 aliphatic rings. The summed E-state index contributed by atoms with van der Waals surface area (Å²) in [5.41, 5.74) is 0.194. The minimum absolute atomic E-state index is 0.194. The molecule has 0 aromatic heterocycles. The standard InChI is InChI=1S/C13H28N2OS/c1-5-7-14-12(3)13(4,6-2)15-8-10-17(16)11-9-15/h12,14H,5-11H2,1-4H3. The molecular weight excluding hydrogens is 232 g/mol. The van der Waals surface area contributed by atoms with E-state index >= 15 is 0 Å². The molecule has 1 heterocycles. The fourth-order valence-corrected chi connectivity index (χ4v) is 3.59. The first-order valence-electron chi connectivity index (χ1n) is 6.88. The highest BCUT2D eigenvalue weighted by atomic mass is 32.2. The summed E-state index contributed by atoms with van der Waals surface area (Å²) in [7, 11) is -0.578. The Hall–Kier alpha value is 0.0700. The van der Waals surface area contributed by atoms with Gasteiger partial charge in [-0.15, -0.1) is 0 Å². The van der Waals surface area contributed by atoms with Gasteiger partial charge in [-0.25, -0.2) is 0 Å². The third kappa shape index (κ3) is 3.76. The summed E-state index contributed by atoms with van der Waals surface area (Å²) >= 11 is 0. The van der Waals surface area contributed by atoms with Gasteiger partial charge < -0.3 is 5.32 Å². The fraction of sp³-hybridized carbons (Fsp3) is 1.00. The highest BCUT2D eigenvalue weighted by Gasteiger charge is 2.36. The van der Waals surface area contributed by atoms with Gasteiger partial charge in [-0.2, -0.15) is 0 Å². The molecule has 0 saturated carbocycles. The van der Waals surface area contributed by atoms with Crippen LogP contribution in [0.25, 0.3) is 0 Å². The summed E-state index contributed by atoms with van der Waals surface area (Å²) in [5.74, 6) is 1.69. The van der Waals surface area contributed by atoms with Crippen molar-refractivity contribution in [2.75, 3.05) is 31.1 Å². The van der Waals surface area contributed by atoms with Crippen LogP contribution < -0.4 is 5.32 Å². The summed E-state index contributed by atoms with van der Waals surface area (Å²) in [5, 5.41) is 3.61. The van der Waals surface area contributed by atoms with E-state index in [0.29, 0.717) is 6.04 Å². The van der Waals surface area contributed by atoms with Crippen molar-refractivity contribution < 1.29 is 4.21 Å². The quantitative estimate of drug-likeness (QED) is 0.787. The van der Waals surface area contributed by atoms with Crippen LogP contribution in [0.4, 0.5) is 0 Å². The van der Waals surface area contributed by atoms with Crippen LogP contribution in [-0.2, 0) is 10.8 Å². The lowest BCUT2D eigenvalue weighted by Gasteiger charge is -2.47. The van der Waals surface area contributed by atoms with E-state index in [9.17, 15) is 4.21 Å². The predicted octanol–water partition coefficient (Wildman–Crippen LogP) is 1.61. The Labute approximate surface area is 109 Å². The number of rotatable bonds is 6. The summed E-state index contributed by atoms with van der Waals surface area (Å²) in [6.07, 6.45) is 2.31. The molecule has 1 aliphatic heterocycles. The molecule has 17 heavy (non-hydrogen) atoms. The molecule has 0 amide bonds. The number of nitrogens with zero attached hydrogens (tertiary/aromatic N) is 1. The van der Waals surface area contributed by atoms with Gasteiger partial charge in [0.05, 0.1) is 0 Å². The highest BCUT2D eigenvalue weighted by molar-refractivity contribution is 7.85. The lowest BCUT2D eigenvalue weighted by molar-refractivity contribution is 0.0756. The van der Waals surface area contributed by atoms with Crippen molar-refractivity contribution in [1.29, 1.82) is 0 Å². The average molecular weight is 260 g/mol. The van der Waals surface area contributed by atoms with E-state index in [1.165, 1.54) is 6.42 Å². The Morgan fingerprint density at radius 3 is 2.41 bits per heavy atom. The first-order valence-corrected chi connectivity index (χ1v) is 8.36. The number of hydrogen-bond donors (Lipinski definition) is 1. The first kappa shape index (κ1) is 15.1. The van der Waals surface area contributed by atoms with Gasteiger partial charge in [0.1, 0.15) is 0 Å². The summed E-state index contributed by atoms with van der Waals surface area (Å²) in [6, 6.07) is 0.485. The van der Waals surface area contributed by atoms with Crippen LogP contribution in [0.15, 0.2) is 0 Å². The normalized spacial score (nSPS) is 24.5. The monoisotopic (exact) mass is 260 g/mol. The second-order valence-electron chi connectivity index (χ2n) is 5.22. The van der Waals surface area contributed by atoms with Crippen LogP contribution in [0.3, 0.4) is 0 Å². The van der Waals surface area contributed by atoms with E-state index in [1.54, 1.807) is 0 Å². The summed E-state index contributed by atoms with van der Waals surface area (Å²) in [4.78, 5) is 2.53. The van der Waals surface area contributed by atoms with Crippen molar-refractivity contribution >= 4 is 10.8 Å². The van der Waals surface area contributed by atoms with Crippen LogP contribution in [0.1, 0.15) is 40.5 Å². The van der Waals surface area contributed by atoms with E-state index in [0.717, 1.165) is 37.6 Å². The van der Waals surface area contributed by atoms with Crippen molar-refractivity contribution in [3.63, 3.8) is 0 Å². The molecule has 2 atom stereocenters. The van der Waals surface area contributed by atoms with Gasteiger partial charge in [-0.05, 0) is 33.2 Å². The molecule has 1 rings (SSSR count). The van der Waals surface area contributed by atoms with Gasteiger partial charge in [0.15, 0.2) is 0 Å². The van der Waals surface area contributed by atoms with Crippen LogP contribution in [-0.4, -0.2) is 51.8 Å². The lowest BCUT2D eigenvalue weighted by atomic mass is 9.88. The zero-order valence-electron chi connectivity index (χ0n) is 11.8. The van der Waals surface area contributed by atoms with Gasteiger partial charge in [-0.3, -0.25) is 9.11 Å². The molecular formula is C13H28N2OS. The molecule has 1 fully saturated rings. The van der Waals surface area contributed by atoms with Crippen LogP contribution in [0.5, 0.6) is 0 Å². The van der Waals surface area contributed by atoms with Crippen molar-refractivity contribution in [3.05, 3.63) is 0 Å². The zero-order valence-corrected chi connectivity index (χ0v) is 12.6. The molecule has 0 aromatic rings. The second-order valence-corrected chi connectivity index (χ2v) is 6.92. The smallest absolute Gasteiger partial charge is 0.0363 e. The Morgan fingerprint density at radius 2 is 1.94 bits per heavy atom. The van der Waals surface area contributed by atoms with Crippen LogP contribution >= 0.6 is 0 Å². The van der Waals surface area contributed by atoms with Crippen molar-refractivity contribution in [1.82, 2.24) is 10.2 Å². The molecule has 1 N–H and O–H groups in total. The van der Waals surface area contributed by atoms with Gasteiger partial charge in [0.25, 0.3) is 0 Å². The topological polar surface area (TPSA) is 32.3 Å². The Balaban J connectivity index is 2.62. The van der Waals surface area contributed by atoms with E-state index < -0.39 is 10.8 Å². The summed E-state index contributed by atoms with van der Waals surface area (Å²) in [6.45, 7) is 12.1. The summed E-state index contributed by atoms with van der Waals surface area (Å²) < 4.78 is 11.4. The maximum Gasteiger partial charge on any atom is 0.0363 e. The number of hydrogen-bond acceptors (Lipinski definition) is 3. The zero-order chi connectivity index (χ0) is 12.9. The molecule has 0 aliphatic carbocycles. The molecule has 0 radical (unpaired) electrons. The van der Waals surface area contributed by atoms with Crippen molar-refractivity contribution in [3.8, 4) is 0 Å². The third-order valence-electron chi connectivity index (χ3n) is 4.25. The Kier molecular flexibility index (Phi) is 6.10. The predicted molar refractivity (Wildman–Crippen MR) is 75.9 cm³/mol. The molecule has 4 heteroatoms. The van der Waals surface area contributed by atoms with Crippen molar-refractivity contribution in [2.45, 2.75) is 52.1 Å². The third-order valence-corrected chi connectivity index (χ3v) is 5.53. The second kappa shape index (κ2) is 6.86. The van der Waals surface area contributed by atoms with Gasteiger partial charge >= 0.3 is 0 Å². The molecule has 0 bridgehead atoms. The van der Waals surface area contributed by atoms with Crippen LogP contribution in [0.2, 0.25) is 0 Å². The maximum atomic E-state index is 11.4. The maximum absolute atomic E-state index is 11.4. The largest absolute Gasteiger partial charge is 0.312 e. The average Bonchev–Trinajstić information content (AvgIpc) is 2.35. The minimum Gasteiger partial charge on any atom is -0.312 e. The van der Waals surface area contributed by atoms with E-state index in [1.807, 2.05) is 0 Å². The fourth-order valence-electron chi connectivity index (χ4n) is 2.53. The highest BCUT2D eigenvalue weighted by Crippen LogP contribution is 2.25. The van der Waals surface area contributed by atoms with Crippen LogP contribution in [0, 0.1) is 0 Å². The Bertz CT molecular complexity index is 250. The molecule has 2 unspecified atom stereocenters. The van der Waals surface area contributed by atoms with Gasteiger partial charge in [0.2, 0.25) is 0 Å². The molecule has 1 saturated heterocycles. The molecule has 3 nitrogen and oxygen atoms in total. The van der Waals surface area contributed by atoms with E-state index in [4.69, 9.17) is 0 Å². The first-order chi connectivity index (χ1) is 8.04. The van der Waals surface area contributed by atoms with E-state index in [2.05, 4.69) is 37.9 Å².